The molecule has 2 heterocycles. The lowest BCUT2D eigenvalue weighted by molar-refractivity contribution is -0.222. The molecular formula is C21H27N3O6. The number of carbonyl (C=O) groups excluding carboxylic acids is 3. The number of hydrogen-bond acceptors (Lipinski definition) is 8. The van der Waals surface area contributed by atoms with E-state index in [2.05, 4.69) is 15.5 Å². The molecule has 162 valence electrons. The Bertz CT molecular complexity index is 808. The molecule has 30 heavy (non-hydrogen) atoms. The molecule has 0 bridgehead atoms. The molecule has 0 saturated carbocycles. The normalized spacial score (nSPS) is 18.9. The minimum absolute atomic E-state index is 0.242. The maximum absolute atomic E-state index is 12.6. The Morgan fingerprint density at radius 2 is 1.80 bits per heavy atom. The van der Waals surface area contributed by atoms with E-state index in [0.717, 1.165) is 39.3 Å². The van der Waals surface area contributed by atoms with Gasteiger partial charge in [-0.2, -0.15) is 0 Å². The zero-order valence-corrected chi connectivity index (χ0v) is 17.2. The molecule has 2 aliphatic heterocycles. The van der Waals surface area contributed by atoms with E-state index in [9.17, 15) is 14.4 Å². The van der Waals surface area contributed by atoms with Crippen LogP contribution in [0.15, 0.2) is 36.0 Å². The second-order valence-electron chi connectivity index (χ2n) is 7.49. The summed E-state index contributed by atoms with van der Waals surface area (Å²) in [5.74, 6) is -3.11. The maximum atomic E-state index is 12.6. The van der Waals surface area contributed by atoms with Crippen LogP contribution < -0.4 is 10.6 Å². The molecule has 0 aliphatic carbocycles. The van der Waals surface area contributed by atoms with E-state index in [-0.39, 0.29) is 11.5 Å². The molecule has 0 aromatic heterocycles. The number of rotatable bonds is 7. The van der Waals surface area contributed by atoms with Crippen LogP contribution in [0.2, 0.25) is 0 Å². The lowest BCUT2D eigenvalue weighted by Crippen LogP contribution is -2.42. The van der Waals surface area contributed by atoms with Gasteiger partial charge in [0.25, 0.3) is 11.7 Å². The summed E-state index contributed by atoms with van der Waals surface area (Å²) in [6, 6.07) is 6.84. The van der Waals surface area contributed by atoms with Gasteiger partial charge in [-0.15, -0.1) is 0 Å². The fraction of sp³-hybridized carbons (Fsp3) is 0.476. The third-order valence-corrected chi connectivity index (χ3v) is 4.70. The van der Waals surface area contributed by atoms with Crippen LogP contribution in [0, 0.1) is 0 Å². The fourth-order valence-electron chi connectivity index (χ4n) is 3.16. The average molecular weight is 417 g/mol. The van der Waals surface area contributed by atoms with Crippen LogP contribution >= 0.6 is 0 Å². The van der Waals surface area contributed by atoms with Crippen LogP contribution in [0.4, 0.5) is 5.69 Å². The standard InChI is InChI=1S/C21H27N3O6/c1-21(2)29-19(26)16(20(27)30-21)14-23-17-7-4-3-6-15(17)18(25)22-8-5-9-24-10-12-28-13-11-24/h3-4,6-7,14,23H,5,8-13H2,1-2H3,(H,22,25). The Morgan fingerprint density at radius 3 is 2.50 bits per heavy atom. The van der Waals surface area contributed by atoms with Crippen molar-refractivity contribution in [2.24, 2.45) is 0 Å². The van der Waals surface area contributed by atoms with Crippen molar-refractivity contribution < 1.29 is 28.6 Å². The molecule has 1 amide bonds. The topological polar surface area (TPSA) is 106 Å². The highest BCUT2D eigenvalue weighted by molar-refractivity contribution is 6.15. The largest absolute Gasteiger partial charge is 0.419 e. The summed E-state index contributed by atoms with van der Waals surface area (Å²) >= 11 is 0. The number of morpholine rings is 1. The van der Waals surface area contributed by atoms with Crippen LogP contribution in [-0.2, 0) is 23.8 Å². The van der Waals surface area contributed by atoms with Gasteiger partial charge in [-0.05, 0) is 25.1 Å². The molecule has 2 saturated heterocycles. The van der Waals surface area contributed by atoms with Crippen molar-refractivity contribution in [2.75, 3.05) is 44.7 Å². The summed E-state index contributed by atoms with van der Waals surface area (Å²) < 4.78 is 15.4. The second-order valence-corrected chi connectivity index (χ2v) is 7.49. The average Bonchev–Trinajstić information content (AvgIpc) is 2.70. The molecular weight excluding hydrogens is 390 g/mol. The predicted molar refractivity (Wildman–Crippen MR) is 109 cm³/mol. The number of cyclic esters (lactones) is 2. The van der Waals surface area contributed by atoms with Gasteiger partial charge >= 0.3 is 11.9 Å². The number of esters is 2. The molecule has 0 spiro atoms. The van der Waals surface area contributed by atoms with Gasteiger partial charge in [-0.25, -0.2) is 9.59 Å². The Hall–Kier alpha value is -2.91. The summed E-state index contributed by atoms with van der Waals surface area (Å²) in [6.07, 6.45) is 2.03. The molecule has 9 heteroatoms. The molecule has 0 atom stereocenters. The quantitative estimate of drug-likeness (QED) is 0.296. The molecule has 9 nitrogen and oxygen atoms in total. The van der Waals surface area contributed by atoms with Crippen LogP contribution in [0.5, 0.6) is 0 Å². The first-order chi connectivity index (χ1) is 14.4. The van der Waals surface area contributed by atoms with Gasteiger partial charge in [0, 0.05) is 39.7 Å². The van der Waals surface area contributed by atoms with Gasteiger partial charge in [0.2, 0.25) is 0 Å². The highest BCUT2D eigenvalue weighted by atomic mass is 16.7. The first-order valence-electron chi connectivity index (χ1n) is 9.96. The minimum atomic E-state index is -1.30. The number of hydrogen-bond donors (Lipinski definition) is 2. The van der Waals surface area contributed by atoms with Crippen molar-refractivity contribution in [3.05, 3.63) is 41.6 Å². The van der Waals surface area contributed by atoms with Crippen molar-refractivity contribution in [1.82, 2.24) is 10.2 Å². The molecule has 1 aromatic rings. The minimum Gasteiger partial charge on any atom is -0.419 e. The Labute approximate surface area is 175 Å². The van der Waals surface area contributed by atoms with Gasteiger partial charge in [0.15, 0.2) is 5.57 Å². The van der Waals surface area contributed by atoms with E-state index in [1.54, 1.807) is 24.3 Å². The number of nitrogens with one attached hydrogen (secondary N) is 2. The summed E-state index contributed by atoms with van der Waals surface area (Å²) in [5.41, 5.74) is 0.592. The van der Waals surface area contributed by atoms with Crippen molar-refractivity contribution in [1.29, 1.82) is 0 Å². The van der Waals surface area contributed by atoms with E-state index in [1.807, 2.05) is 0 Å². The van der Waals surface area contributed by atoms with Crippen molar-refractivity contribution >= 4 is 23.5 Å². The first kappa shape index (κ1) is 21.8. The van der Waals surface area contributed by atoms with Gasteiger partial charge in [0.05, 0.1) is 24.5 Å². The molecule has 0 unspecified atom stereocenters. The van der Waals surface area contributed by atoms with Gasteiger partial charge < -0.3 is 24.8 Å². The molecule has 2 fully saturated rings. The maximum Gasteiger partial charge on any atom is 0.350 e. The van der Waals surface area contributed by atoms with Crippen LogP contribution in [-0.4, -0.2) is 67.9 Å². The Morgan fingerprint density at radius 1 is 1.13 bits per heavy atom. The highest BCUT2D eigenvalue weighted by Gasteiger charge is 2.39. The van der Waals surface area contributed by atoms with E-state index < -0.39 is 17.7 Å². The fourth-order valence-corrected chi connectivity index (χ4v) is 3.16. The lowest BCUT2D eigenvalue weighted by Gasteiger charge is -2.29. The number of amides is 1. The molecule has 2 N–H and O–H groups in total. The Kier molecular flexibility index (Phi) is 7.07. The lowest BCUT2D eigenvalue weighted by atomic mass is 10.1. The second kappa shape index (κ2) is 9.73. The summed E-state index contributed by atoms with van der Waals surface area (Å²) in [7, 11) is 0. The van der Waals surface area contributed by atoms with Crippen LogP contribution in [0.1, 0.15) is 30.6 Å². The molecule has 0 radical (unpaired) electrons. The smallest absolute Gasteiger partial charge is 0.350 e. The molecule has 1 aromatic carbocycles. The van der Waals surface area contributed by atoms with Crippen molar-refractivity contribution in [2.45, 2.75) is 26.1 Å². The van der Waals surface area contributed by atoms with Crippen LogP contribution in [0.25, 0.3) is 0 Å². The zero-order chi connectivity index (χ0) is 21.6. The van der Waals surface area contributed by atoms with Gasteiger partial charge in [-0.3, -0.25) is 9.69 Å². The number of carbonyl (C=O) groups is 3. The predicted octanol–water partition coefficient (Wildman–Crippen LogP) is 1.27. The zero-order valence-electron chi connectivity index (χ0n) is 17.2. The summed E-state index contributed by atoms with van der Waals surface area (Å²) in [5, 5.41) is 5.75. The number of nitrogens with zero attached hydrogens (tertiary/aromatic N) is 1. The van der Waals surface area contributed by atoms with E-state index in [4.69, 9.17) is 14.2 Å². The van der Waals surface area contributed by atoms with Gasteiger partial charge in [-0.1, -0.05) is 12.1 Å². The SMILES string of the molecule is CC1(C)OC(=O)C(=CNc2ccccc2C(=O)NCCCN2CCOCC2)C(=O)O1. The van der Waals surface area contributed by atoms with Gasteiger partial charge in [0.1, 0.15) is 0 Å². The van der Waals surface area contributed by atoms with E-state index in [1.165, 1.54) is 20.0 Å². The number of para-hydroxylation sites is 1. The monoisotopic (exact) mass is 417 g/mol. The van der Waals surface area contributed by atoms with Crippen molar-refractivity contribution in [3.8, 4) is 0 Å². The summed E-state index contributed by atoms with van der Waals surface area (Å²) in [4.78, 5) is 39.0. The first-order valence-corrected chi connectivity index (χ1v) is 9.96. The summed E-state index contributed by atoms with van der Waals surface area (Å²) in [6.45, 7) is 7.72. The molecule has 2 aliphatic rings. The highest BCUT2D eigenvalue weighted by Crippen LogP contribution is 2.23. The molecule has 3 rings (SSSR count). The third kappa shape index (κ3) is 5.80. The number of ether oxygens (including phenoxy) is 3. The van der Waals surface area contributed by atoms with E-state index in [0.29, 0.717) is 17.8 Å². The number of benzene rings is 1. The van der Waals surface area contributed by atoms with Crippen molar-refractivity contribution in [3.63, 3.8) is 0 Å². The van der Waals surface area contributed by atoms with Crippen LogP contribution in [0.3, 0.4) is 0 Å². The number of anilines is 1. The Balaban J connectivity index is 1.56. The third-order valence-electron chi connectivity index (χ3n) is 4.70. The van der Waals surface area contributed by atoms with E-state index >= 15 is 0 Å².